The molecule has 158 valence electrons. The molecule has 8 nitrogen and oxygen atoms in total. The highest BCUT2D eigenvalue weighted by Crippen LogP contribution is 2.31. The van der Waals surface area contributed by atoms with Crippen LogP contribution in [0.2, 0.25) is 0 Å². The van der Waals surface area contributed by atoms with Crippen molar-refractivity contribution in [1.82, 2.24) is 30.3 Å². The number of benzene rings is 2. The molecule has 2 heterocycles. The lowest BCUT2D eigenvalue weighted by Crippen LogP contribution is -2.35. The lowest BCUT2D eigenvalue weighted by Gasteiger charge is -2.19. The molecule has 4 rings (SSSR count). The maximum absolute atomic E-state index is 12.7. The van der Waals surface area contributed by atoms with E-state index in [1.54, 1.807) is 11.0 Å². The Hall–Kier alpha value is -3.59. The van der Waals surface area contributed by atoms with Gasteiger partial charge in [-0.05, 0) is 17.5 Å². The van der Waals surface area contributed by atoms with Gasteiger partial charge < -0.3 is 5.32 Å². The van der Waals surface area contributed by atoms with Gasteiger partial charge in [0, 0.05) is 5.92 Å². The maximum atomic E-state index is 12.7. The van der Waals surface area contributed by atoms with Crippen molar-refractivity contribution < 1.29 is 4.79 Å². The third-order valence-electron chi connectivity index (χ3n) is 4.91. The molecular formula is C22H23N7OS. The summed E-state index contributed by atoms with van der Waals surface area (Å²) in [6.45, 7) is 2.58. The van der Waals surface area contributed by atoms with E-state index in [-0.39, 0.29) is 18.0 Å². The lowest BCUT2D eigenvalue weighted by atomic mass is 9.97. The third-order valence-corrected chi connectivity index (χ3v) is 5.87. The van der Waals surface area contributed by atoms with Crippen molar-refractivity contribution >= 4 is 22.5 Å². The number of nitrogens with one attached hydrogen (secondary N) is 2. The Morgan fingerprint density at radius 3 is 2.39 bits per heavy atom. The molecule has 2 amide bonds. The van der Waals surface area contributed by atoms with Gasteiger partial charge in [-0.15, -0.1) is 10.2 Å². The highest BCUT2D eigenvalue weighted by atomic mass is 32.1. The van der Waals surface area contributed by atoms with Crippen LogP contribution in [0.3, 0.4) is 0 Å². The summed E-state index contributed by atoms with van der Waals surface area (Å²) in [4.78, 5) is 16.7. The number of anilines is 1. The summed E-state index contributed by atoms with van der Waals surface area (Å²) in [7, 11) is 0. The Labute approximate surface area is 184 Å². The van der Waals surface area contributed by atoms with Crippen molar-refractivity contribution in [3.8, 4) is 0 Å². The molecule has 31 heavy (non-hydrogen) atoms. The molecule has 4 aromatic rings. The number of carbonyl (C=O) groups is 1. The normalized spacial score (nSPS) is 12.8. The lowest BCUT2D eigenvalue weighted by molar-refractivity contribution is 0.246. The van der Waals surface area contributed by atoms with Crippen LogP contribution in [0.4, 0.5) is 9.93 Å². The van der Waals surface area contributed by atoms with Gasteiger partial charge >= 0.3 is 6.03 Å². The second kappa shape index (κ2) is 9.94. The van der Waals surface area contributed by atoms with E-state index in [1.807, 2.05) is 48.5 Å². The van der Waals surface area contributed by atoms with Crippen LogP contribution in [0.25, 0.3) is 0 Å². The fourth-order valence-corrected chi connectivity index (χ4v) is 4.34. The molecule has 0 aliphatic heterocycles. The number of carbonyl (C=O) groups excluding carboxylic acids is 1. The van der Waals surface area contributed by atoms with Gasteiger partial charge in [0.05, 0.1) is 12.6 Å². The van der Waals surface area contributed by atoms with Crippen LogP contribution in [0.15, 0.2) is 73.3 Å². The number of nitrogens with zero attached hydrogens (tertiary/aromatic N) is 5. The first-order valence-corrected chi connectivity index (χ1v) is 10.9. The maximum Gasteiger partial charge on any atom is 0.321 e. The number of urea groups is 1. The molecule has 9 heteroatoms. The van der Waals surface area contributed by atoms with Crippen molar-refractivity contribution in [2.75, 3.05) is 5.32 Å². The topological polar surface area (TPSA) is 97.6 Å². The minimum atomic E-state index is -0.343. The Kier molecular flexibility index (Phi) is 6.63. The molecule has 2 N–H and O–H groups in total. The second-order valence-electron chi connectivity index (χ2n) is 7.00. The SMILES string of the molecule is CCC(c1ccccc1)c1nnc(NC(=O)NC(Cn2cncn2)c2ccccc2)s1. The average molecular weight is 434 g/mol. The van der Waals surface area contributed by atoms with E-state index in [0.717, 1.165) is 17.0 Å². The molecule has 2 aromatic heterocycles. The van der Waals surface area contributed by atoms with Crippen LogP contribution >= 0.6 is 11.3 Å². The van der Waals surface area contributed by atoms with Crippen LogP contribution < -0.4 is 10.6 Å². The summed E-state index contributed by atoms with van der Waals surface area (Å²) in [5.41, 5.74) is 2.16. The predicted octanol–water partition coefficient (Wildman–Crippen LogP) is 4.23. The number of rotatable bonds is 8. The van der Waals surface area contributed by atoms with Gasteiger partial charge in [-0.2, -0.15) is 5.10 Å². The van der Waals surface area contributed by atoms with Gasteiger partial charge in [0.15, 0.2) is 0 Å². The Bertz CT molecular complexity index is 1080. The quantitative estimate of drug-likeness (QED) is 0.433. The smallest absolute Gasteiger partial charge is 0.321 e. The van der Waals surface area contributed by atoms with E-state index in [1.165, 1.54) is 23.2 Å². The minimum absolute atomic E-state index is 0.154. The zero-order chi connectivity index (χ0) is 21.5. The average Bonchev–Trinajstić information content (AvgIpc) is 3.48. The number of aromatic nitrogens is 5. The molecule has 0 radical (unpaired) electrons. The molecule has 0 aliphatic carbocycles. The molecule has 0 saturated carbocycles. The zero-order valence-corrected chi connectivity index (χ0v) is 17.9. The predicted molar refractivity (Wildman–Crippen MR) is 120 cm³/mol. The van der Waals surface area contributed by atoms with Crippen molar-refractivity contribution in [2.24, 2.45) is 0 Å². The summed E-state index contributed by atoms with van der Waals surface area (Å²) >= 11 is 1.40. The molecule has 0 fully saturated rings. The van der Waals surface area contributed by atoms with Crippen LogP contribution in [-0.2, 0) is 6.54 Å². The van der Waals surface area contributed by atoms with Crippen LogP contribution in [0.1, 0.15) is 41.4 Å². The third kappa shape index (κ3) is 5.32. The van der Waals surface area contributed by atoms with Crippen molar-refractivity contribution in [1.29, 1.82) is 0 Å². The molecule has 2 unspecified atom stereocenters. The summed E-state index contributed by atoms with van der Waals surface area (Å²) in [6.07, 6.45) is 4.00. The first-order chi connectivity index (χ1) is 15.2. The Morgan fingerprint density at radius 1 is 1.03 bits per heavy atom. The summed E-state index contributed by atoms with van der Waals surface area (Å²) in [6, 6.07) is 19.3. The largest absolute Gasteiger partial charge is 0.329 e. The summed E-state index contributed by atoms with van der Waals surface area (Å²) in [5, 5.41) is 19.8. The standard InChI is InChI=1S/C22H23N7OS/c1-2-18(16-9-5-3-6-10-16)20-27-28-22(31-20)26-21(30)25-19(13-29-15-23-14-24-29)17-11-7-4-8-12-17/h3-12,14-15,18-19H,2,13H2,1H3,(H2,25,26,28,30). The van der Waals surface area contributed by atoms with Gasteiger partial charge in [-0.1, -0.05) is 78.9 Å². The monoisotopic (exact) mass is 433 g/mol. The van der Waals surface area contributed by atoms with Gasteiger partial charge in [0.2, 0.25) is 5.13 Å². The highest BCUT2D eigenvalue weighted by molar-refractivity contribution is 7.15. The van der Waals surface area contributed by atoms with E-state index >= 15 is 0 Å². The zero-order valence-electron chi connectivity index (χ0n) is 17.0. The van der Waals surface area contributed by atoms with Crippen molar-refractivity contribution in [3.05, 3.63) is 89.5 Å². The van der Waals surface area contributed by atoms with Crippen molar-refractivity contribution in [3.63, 3.8) is 0 Å². The number of amides is 2. The molecule has 0 spiro atoms. The fourth-order valence-electron chi connectivity index (χ4n) is 3.39. The van der Waals surface area contributed by atoms with Crippen LogP contribution in [0.5, 0.6) is 0 Å². The van der Waals surface area contributed by atoms with Crippen molar-refractivity contribution in [2.45, 2.75) is 31.8 Å². The second-order valence-corrected chi connectivity index (χ2v) is 8.01. The van der Waals surface area contributed by atoms with Gasteiger partial charge in [-0.25, -0.2) is 9.78 Å². The Balaban J connectivity index is 1.45. The van der Waals surface area contributed by atoms with E-state index in [9.17, 15) is 4.79 Å². The first kappa shape index (κ1) is 20.7. The van der Waals surface area contributed by atoms with Gasteiger partial charge in [0.25, 0.3) is 0 Å². The van der Waals surface area contributed by atoms with E-state index in [4.69, 9.17) is 0 Å². The molecule has 0 saturated heterocycles. The summed E-state index contributed by atoms with van der Waals surface area (Å²) in [5.74, 6) is 0.154. The molecule has 2 aromatic carbocycles. The van der Waals surface area contributed by atoms with Crippen LogP contribution in [-0.4, -0.2) is 31.0 Å². The van der Waals surface area contributed by atoms with Crippen LogP contribution in [0, 0.1) is 0 Å². The minimum Gasteiger partial charge on any atom is -0.329 e. The summed E-state index contributed by atoms with van der Waals surface area (Å²) < 4.78 is 1.69. The molecule has 0 aliphatic rings. The number of hydrogen-bond acceptors (Lipinski definition) is 6. The number of hydrogen-bond donors (Lipinski definition) is 2. The molecular weight excluding hydrogens is 410 g/mol. The molecule has 2 atom stereocenters. The highest BCUT2D eigenvalue weighted by Gasteiger charge is 2.20. The van der Waals surface area contributed by atoms with E-state index in [0.29, 0.717) is 11.7 Å². The van der Waals surface area contributed by atoms with E-state index < -0.39 is 0 Å². The first-order valence-electron chi connectivity index (χ1n) is 10.1. The van der Waals surface area contributed by atoms with E-state index in [2.05, 4.69) is 50.0 Å². The van der Waals surface area contributed by atoms with Gasteiger partial charge in [-0.3, -0.25) is 10.00 Å². The Morgan fingerprint density at radius 2 is 1.74 bits per heavy atom. The molecule has 0 bridgehead atoms. The fraction of sp³-hybridized carbons (Fsp3) is 0.227. The van der Waals surface area contributed by atoms with Gasteiger partial charge in [0.1, 0.15) is 17.7 Å².